The van der Waals surface area contributed by atoms with Gasteiger partial charge in [-0.25, -0.2) is 0 Å². The molecule has 0 amide bonds. The van der Waals surface area contributed by atoms with Crippen LogP contribution in [0.2, 0.25) is 0 Å². The Hall–Kier alpha value is -1.31. The number of nitrogens with zero attached hydrogens (tertiary/aromatic N) is 1. The molecule has 2 aromatic carbocycles. The highest BCUT2D eigenvalue weighted by Gasteiger charge is 2.05. The molecule has 0 spiro atoms. The zero-order chi connectivity index (χ0) is 13.3. The van der Waals surface area contributed by atoms with Crippen molar-refractivity contribution in [2.24, 2.45) is 0 Å². The van der Waals surface area contributed by atoms with Gasteiger partial charge in [0.2, 0.25) is 0 Å². The van der Waals surface area contributed by atoms with E-state index in [2.05, 4.69) is 65.6 Å². The van der Waals surface area contributed by atoms with Crippen LogP contribution in [0.25, 0.3) is 0 Å². The van der Waals surface area contributed by atoms with Gasteiger partial charge in [-0.3, -0.25) is 4.90 Å². The fourth-order valence-electron chi connectivity index (χ4n) is 2.16. The summed E-state index contributed by atoms with van der Waals surface area (Å²) in [6.07, 6.45) is 1.07. The van der Waals surface area contributed by atoms with Gasteiger partial charge in [-0.1, -0.05) is 60.7 Å². The molecule has 0 heterocycles. The second kappa shape index (κ2) is 7.98. The highest BCUT2D eigenvalue weighted by atomic mass is 35.5. The number of halogens is 1. The highest BCUT2D eigenvalue weighted by Crippen LogP contribution is 2.07. The predicted molar refractivity (Wildman–Crippen MR) is 82.6 cm³/mol. The van der Waals surface area contributed by atoms with Crippen molar-refractivity contribution in [3.8, 4) is 0 Å². The minimum Gasteiger partial charge on any atom is -0.298 e. The summed E-state index contributed by atoms with van der Waals surface area (Å²) in [5, 5.41) is 0. The van der Waals surface area contributed by atoms with Crippen LogP contribution in [0.15, 0.2) is 60.7 Å². The van der Waals surface area contributed by atoms with Crippen LogP contribution in [0, 0.1) is 0 Å². The molecule has 0 aliphatic heterocycles. The molecule has 0 aliphatic carbocycles. The lowest BCUT2D eigenvalue weighted by molar-refractivity contribution is 0.285. The molecule has 2 aromatic rings. The van der Waals surface area contributed by atoms with E-state index in [1.165, 1.54) is 11.1 Å². The van der Waals surface area contributed by atoms with Crippen LogP contribution >= 0.6 is 11.6 Å². The fourth-order valence-corrected chi connectivity index (χ4v) is 2.40. The Morgan fingerprint density at radius 3 is 1.89 bits per heavy atom. The summed E-state index contributed by atoms with van der Waals surface area (Å²) in [6.45, 7) is 2.95. The van der Waals surface area contributed by atoms with E-state index in [1.807, 2.05) is 0 Å². The lowest BCUT2D eigenvalue weighted by Gasteiger charge is -2.21. The molecule has 0 aromatic heterocycles. The molecule has 0 saturated heterocycles. The Morgan fingerprint density at radius 2 is 1.32 bits per heavy atom. The second-order valence-corrected chi connectivity index (χ2v) is 5.06. The predicted octanol–water partition coefficient (Wildman–Crippen LogP) is 3.97. The van der Waals surface area contributed by atoms with Crippen molar-refractivity contribution in [2.75, 3.05) is 19.0 Å². The summed E-state index contributed by atoms with van der Waals surface area (Å²) >= 11 is 5.90. The maximum absolute atomic E-state index is 5.90. The van der Waals surface area contributed by atoms with Gasteiger partial charge in [-0.2, -0.15) is 0 Å². The molecule has 0 unspecified atom stereocenters. The fraction of sp³-hybridized carbons (Fsp3) is 0.294. The normalized spacial score (nSPS) is 10.8. The highest BCUT2D eigenvalue weighted by molar-refractivity contribution is 6.18. The largest absolute Gasteiger partial charge is 0.298 e. The third-order valence-corrected chi connectivity index (χ3v) is 3.38. The van der Waals surface area contributed by atoms with Gasteiger partial charge in [0.1, 0.15) is 0 Å². The van der Waals surface area contributed by atoms with Crippen LogP contribution in [-0.2, 0) is 13.0 Å². The molecule has 0 N–H and O–H groups in total. The van der Waals surface area contributed by atoms with Gasteiger partial charge in [0.05, 0.1) is 0 Å². The van der Waals surface area contributed by atoms with E-state index >= 15 is 0 Å². The van der Waals surface area contributed by atoms with E-state index in [-0.39, 0.29) is 0 Å². The smallest absolute Gasteiger partial charge is 0.0351 e. The molecule has 100 valence electrons. The minimum absolute atomic E-state index is 0.682. The maximum atomic E-state index is 5.90. The first-order valence-corrected chi connectivity index (χ1v) is 7.28. The Kier molecular flexibility index (Phi) is 5.93. The number of benzene rings is 2. The number of alkyl halides is 1. The zero-order valence-corrected chi connectivity index (χ0v) is 11.9. The Bertz CT molecular complexity index is 455. The van der Waals surface area contributed by atoms with Gasteiger partial charge < -0.3 is 0 Å². The molecule has 0 radical (unpaired) electrons. The lowest BCUT2D eigenvalue weighted by atomic mass is 10.1. The molecule has 2 heteroatoms. The standard InChI is InChI=1S/C17H20ClN/c18-12-14-19(15-17-9-5-2-6-10-17)13-11-16-7-3-1-4-8-16/h1-10H,11-15H2. The maximum Gasteiger partial charge on any atom is 0.0351 e. The van der Waals surface area contributed by atoms with Gasteiger partial charge in [-0.05, 0) is 17.5 Å². The third kappa shape index (κ3) is 5.06. The Labute approximate surface area is 120 Å². The molecule has 0 fully saturated rings. The average Bonchev–Trinajstić information content (AvgIpc) is 2.47. The van der Waals surface area contributed by atoms with Crippen molar-refractivity contribution in [1.82, 2.24) is 4.90 Å². The quantitative estimate of drug-likeness (QED) is 0.690. The van der Waals surface area contributed by atoms with E-state index in [0.29, 0.717) is 5.88 Å². The van der Waals surface area contributed by atoms with Crippen molar-refractivity contribution in [3.05, 3.63) is 71.8 Å². The number of hydrogen-bond acceptors (Lipinski definition) is 1. The Morgan fingerprint density at radius 1 is 0.737 bits per heavy atom. The zero-order valence-electron chi connectivity index (χ0n) is 11.1. The van der Waals surface area contributed by atoms with Gasteiger partial charge in [0, 0.05) is 25.5 Å². The Balaban J connectivity index is 1.89. The van der Waals surface area contributed by atoms with E-state index in [4.69, 9.17) is 11.6 Å². The van der Waals surface area contributed by atoms with E-state index in [1.54, 1.807) is 0 Å². The summed E-state index contributed by atoms with van der Waals surface area (Å²) in [5.41, 5.74) is 2.73. The first-order chi connectivity index (χ1) is 9.38. The van der Waals surface area contributed by atoms with E-state index in [0.717, 1.165) is 26.1 Å². The molecular weight excluding hydrogens is 254 g/mol. The van der Waals surface area contributed by atoms with Gasteiger partial charge in [0.25, 0.3) is 0 Å². The van der Waals surface area contributed by atoms with Crippen molar-refractivity contribution in [3.63, 3.8) is 0 Å². The SMILES string of the molecule is ClCCN(CCc1ccccc1)Cc1ccccc1. The number of rotatable bonds is 7. The number of hydrogen-bond donors (Lipinski definition) is 0. The van der Waals surface area contributed by atoms with E-state index < -0.39 is 0 Å². The lowest BCUT2D eigenvalue weighted by Crippen LogP contribution is -2.27. The summed E-state index contributed by atoms with van der Waals surface area (Å²) < 4.78 is 0. The molecule has 2 rings (SSSR count). The van der Waals surface area contributed by atoms with Crippen molar-refractivity contribution in [1.29, 1.82) is 0 Å². The van der Waals surface area contributed by atoms with Crippen LogP contribution in [-0.4, -0.2) is 23.9 Å². The van der Waals surface area contributed by atoms with Crippen LogP contribution in [0.5, 0.6) is 0 Å². The molecule has 0 saturated carbocycles. The van der Waals surface area contributed by atoms with Crippen molar-refractivity contribution < 1.29 is 0 Å². The average molecular weight is 274 g/mol. The molecule has 1 nitrogen and oxygen atoms in total. The monoisotopic (exact) mass is 273 g/mol. The van der Waals surface area contributed by atoms with Crippen LogP contribution < -0.4 is 0 Å². The molecular formula is C17H20ClN. The second-order valence-electron chi connectivity index (χ2n) is 4.69. The minimum atomic E-state index is 0.682. The van der Waals surface area contributed by atoms with Crippen molar-refractivity contribution >= 4 is 11.6 Å². The summed E-state index contributed by atoms with van der Waals surface area (Å²) in [7, 11) is 0. The summed E-state index contributed by atoms with van der Waals surface area (Å²) in [5.74, 6) is 0.682. The van der Waals surface area contributed by atoms with Gasteiger partial charge in [-0.15, -0.1) is 11.6 Å². The van der Waals surface area contributed by atoms with Crippen molar-refractivity contribution in [2.45, 2.75) is 13.0 Å². The van der Waals surface area contributed by atoms with Crippen LogP contribution in [0.3, 0.4) is 0 Å². The third-order valence-electron chi connectivity index (χ3n) is 3.21. The van der Waals surface area contributed by atoms with Gasteiger partial charge in [0.15, 0.2) is 0 Å². The summed E-state index contributed by atoms with van der Waals surface area (Å²) in [6, 6.07) is 21.2. The first kappa shape index (κ1) is 14.1. The first-order valence-electron chi connectivity index (χ1n) is 6.74. The topological polar surface area (TPSA) is 3.24 Å². The molecule has 0 bridgehead atoms. The van der Waals surface area contributed by atoms with E-state index in [9.17, 15) is 0 Å². The summed E-state index contributed by atoms with van der Waals surface area (Å²) in [4.78, 5) is 2.41. The molecule has 0 atom stereocenters. The van der Waals surface area contributed by atoms with Gasteiger partial charge >= 0.3 is 0 Å². The molecule has 19 heavy (non-hydrogen) atoms. The van der Waals surface area contributed by atoms with Crippen LogP contribution in [0.1, 0.15) is 11.1 Å². The van der Waals surface area contributed by atoms with Crippen LogP contribution in [0.4, 0.5) is 0 Å². The molecule has 0 aliphatic rings.